The van der Waals surface area contributed by atoms with Crippen molar-refractivity contribution in [1.82, 2.24) is 10.6 Å². The van der Waals surface area contributed by atoms with E-state index in [9.17, 15) is 9.00 Å². The average Bonchev–Trinajstić information content (AvgIpc) is 3.07. The highest BCUT2D eigenvalue weighted by atomic mass is 32.2. The van der Waals surface area contributed by atoms with Gasteiger partial charge < -0.3 is 15.1 Å². The Labute approximate surface area is 109 Å². The van der Waals surface area contributed by atoms with Crippen molar-refractivity contribution < 1.29 is 13.4 Å². The van der Waals surface area contributed by atoms with Gasteiger partial charge in [-0.15, -0.1) is 0 Å². The Balaban J connectivity index is 1.77. The molecule has 1 aromatic rings. The molecule has 2 rings (SSSR count). The van der Waals surface area contributed by atoms with Crippen molar-refractivity contribution in [2.24, 2.45) is 0 Å². The van der Waals surface area contributed by atoms with Crippen LogP contribution in [-0.4, -0.2) is 29.0 Å². The smallest absolute Gasteiger partial charge is 0.232 e. The van der Waals surface area contributed by atoms with Crippen molar-refractivity contribution in [2.75, 3.05) is 12.8 Å². The maximum absolute atomic E-state index is 11.6. The highest BCUT2D eigenvalue weighted by molar-refractivity contribution is 7.84. The Morgan fingerprint density at radius 3 is 2.83 bits per heavy atom. The van der Waals surface area contributed by atoms with Crippen molar-refractivity contribution in [3.8, 4) is 0 Å². The summed E-state index contributed by atoms with van der Waals surface area (Å²) in [6.45, 7) is 0.715. The van der Waals surface area contributed by atoms with Gasteiger partial charge in [0, 0.05) is 23.9 Å². The number of furan rings is 1. The molecule has 1 unspecified atom stereocenters. The number of amides is 1. The van der Waals surface area contributed by atoms with E-state index in [4.69, 9.17) is 4.42 Å². The number of hydrogen-bond donors (Lipinski definition) is 2. The van der Waals surface area contributed by atoms with Gasteiger partial charge in [0.2, 0.25) is 5.91 Å². The lowest BCUT2D eigenvalue weighted by Crippen LogP contribution is -2.24. The summed E-state index contributed by atoms with van der Waals surface area (Å²) in [6, 6.07) is 4.36. The summed E-state index contributed by atoms with van der Waals surface area (Å²) in [7, 11) is 0.322. The Hall–Kier alpha value is -1.14. The van der Waals surface area contributed by atoms with Crippen molar-refractivity contribution >= 4 is 16.7 Å². The molecule has 0 aromatic carbocycles. The molecule has 5 nitrogen and oxygen atoms in total. The molecule has 1 aliphatic carbocycles. The van der Waals surface area contributed by atoms with Gasteiger partial charge in [-0.05, 0) is 25.0 Å². The Bertz CT molecular complexity index is 440. The molecule has 1 aromatic heterocycles. The molecule has 0 bridgehead atoms. The van der Waals surface area contributed by atoms with Gasteiger partial charge in [0.05, 0.1) is 12.3 Å². The average molecular weight is 270 g/mol. The number of nitrogens with one attached hydrogen (secondary N) is 2. The fourth-order valence-electron chi connectivity index (χ4n) is 1.56. The largest absolute Gasteiger partial charge is 0.464 e. The minimum atomic E-state index is -1.21. The lowest BCUT2D eigenvalue weighted by Gasteiger charge is -2.00. The Morgan fingerprint density at radius 1 is 1.44 bits per heavy atom. The van der Waals surface area contributed by atoms with E-state index in [0.717, 1.165) is 5.76 Å². The van der Waals surface area contributed by atoms with Crippen LogP contribution in [0.2, 0.25) is 0 Å². The van der Waals surface area contributed by atoms with Gasteiger partial charge in [-0.2, -0.15) is 0 Å². The number of carbonyl (C=O) groups is 1. The standard InChI is InChI=1S/C12H18N2O3S/c1-13-12(15)8-18(16)7-11-5-4-10(17-11)6-14-9-2-3-9/h4-5,9,14H,2-3,6-8H2,1H3,(H,13,15). The van der Waals surface area contributed by atoms with Crippen molar-refractivity contribution in [3.63, 3.8) is 0 Å². The van der Waals surface area contributed by atoms with Crippen LogP contribution in [0.5, 0.6) is 0 Å². The zero-order valence-electron chi connectivity index (χ0n) is 10.4. The molecule has 0 aliphatic heterocycles. The molecule has 6 heteroatoms. The minimum absolute atomic E-state index is 0.0207. The summed E-state index contributed by atoms with van der Waals surface area (Å²) >= 11 is 0. The maximum Gasteiger partial charge on any atom is 0.232 e. The van der Waals surface area contributed by atoms with Crippen LogP contribution in [-0.2, 0) is 27.9 Å². The molecular formula is C12H18N2O3S. The summed E-state index contributed by atoms with van der Waals surface area (Å²) in [5.41, 5.74) is 0. The van der Waals surface area contributed by atoms with Crippen LogP contribution in [0.3, 0.4) is 0 Å². The van der Waals surface area contributed by atoms with E-state index < -0.39 is 10.8 Å². The number of rotatable bonds is 7. The third-order valence-corrected chi connectivity index (χ3v) is 3.92. The molecule has 0 saturated heterocycles. The first-order chi connectivity index (χ1) is 8.67. The summed E-state index contributed by atoms with van der Waals surface area (Å²) in [4.78, 5) is 11.1. The van der Waals surface area contributed by atoms with E-state index in [1.165, 1.54) is 19.9 Å². The van der Waals surface area contributed by atoms with Gasteiger partial charge in [-0.1, -0.05) is 0 Å². The van der Waals surface area contributed by atoms with Crippen molar-refractivity contribution in [3.05, 3.63) is 23.7 Å². The summed E-state index contributed by atoms with van der Waals surface area (Å²) in [5, 5.41) is 5.80. The van der Waals surface area contributed by atoms with Gasteiger partial charge >= 0.3 is 0 Å². The van der Waals surface area contributed by atoms with Gasteiger partial charge in [0.25, 0.3) is 0 Å². The molecule has 1 fully saturated rings. The van der Waals surface area contributed by atoms with Crippen LogP contribution >= 0.6 is 0 Å². The lowest BCUT2D eigenvalue weighted by atomic mass is 10.4. The zero-order valence-corrected chi connectivity index (χ0v) is 11.2. The second kappa shape index (κ2) is 6.15. The fraction of sp³-hybridized carbons (Fsp3) is 0.583. The summed E-state index contributed by atoms with van der Waals surface area (Å²) < 4.78 is 17.2. The first-order valence-electron chi connectivity index (χ1n) is 6.04. The Kier molecular flexibility index (Phi) is 4.54. The third kappa shape index (κ3) is 4.27. The van der Waals surface area contributed by atoms with E-state index in [1.54, 1.807) is 0 Å². The molecular weight excluding hydrogens is 252 g/mol. The Morgan fingerprint density at radius 2 is 2.17 bits per heavy atom. The second-order valence-electron chi connectivity index (χ2n) is 4.42. The molecule has 18 heavy (non-hydrogen) atoms. The molecule has 0 radical (unpaired) electrons. The fourth-order valence-corrected chi connectivity index (χ4v) is 2.57. The summed E-state index contributed by atoms with van der Waals surface area (Å²) in [6.07, 6.45) is 2.48. The SMILES string of the molecule is CNC(=O)CS(=O)Cc1ccc(CNC2CC2)o1. The topological polar surface area (TPSA) is 71.3 Å². The van der Waals surface area contributed by atoms with Gasteiger partial charge in [-0.3, -0.25) is 9.00 Å². The second-order valence-corrected chi connectivity index (χ2v) is 5.88. The van der Waals surface area contributed by atoms with E-state index in [1.807, 2.05) is 12.1 Å². The number of carbonyl (C=O) groups excluding carboxylic acids is 1. The predicted molar refractivity (Wildman–Crippen MR) is 69.3 cm³/mol. The van der Waals surface area contributed by atoms with E-state index in [0.29, 0.717) is 18.3 Å². The van der Waals surface area contributed by atoms with E-state index in [-0.39, 0.29) is 17.4 Å². The van der Waals surface area contributed by atoms with Crippen LogP contribution in [0, 0.1) is 0 Å². The molecule has 1 saturated carbocycles. The molecule has 1 heterocycles. The van der Waals surface area contributed by atoms with Crippen LogP contribution in [0.1, 0.15) is 24.4 Å². The predicted octanol–water partition coefficient (Wildman–Crippen LogP) is 0.526. The maximum atomic E-state index is 11.6. The molecule has 100 valence electrons. The molecule has 1 aliphatic rings. The molecule has 0 spiro atoms. The van der Waals surface area contributed by atoms with Crippen LogP contribution < -0.4 is 10.6 Å². The number of hydrogen-bond acceptors (Lipinski definition) is 4. The van der Waals surface area contributed by atoms with Gasteiger partial charge in [-0.25, -0.2) is 0 Å². The minimum Gasteiger partial charge on any atom is -0.464 e. The summed E-state index contributed by atoms with van der Waals surface area (Å²) in [5.74, 6) is 1.62. The normalized spacial score (nSPS) is 16.5. The van der Waals surface area contributed by atoms with Crippen LogP contribution in [0.25, 0.3) is 0 Å². The van der Waals surface area contributed by atoms with Crippen molar-refractivity contribution in [1.29, 1.82) is 0 Å². The lowest BCUT2D eigenvalue weighted by molar-refractivity contribution is -0.118. The molecule has 2 N–H and O–H groups in total. The van der Waals surface area contributed by atoms with Crippen molar-refractivity contribution in [2.45, 2.75) is 31.2 Å². The highest BCUT2D eigenvalue weighted by Gasteiger charge is 2.20. The zero-order chi connectivity index (χ0) is 13.0. The first kappa shape index (κ1) is 13.3. The van der Waals surface area contributed by atoms with Crippen LogP contribution in [0.4, 0.5) is 0 Å². The van der Waals surface area contributed by atoms with E-state index >= 15 is 0 Å². The monoisotopic (exact) mass is 270 g/mol. The molecule has 1 atom stereocenters. The third-order valence-electron chi connectivity index (χ3n) is 2.73. The molecule has 1 amide bonds. The quantitative estimate of drug-likeness (QED) is 0.758. The van der Waals surface area contributed by atoms with Gasteiger partial charge in [0.1, 0.15) is 17.3 Å². The van der Waals surface area contributed by atoms with Crippen LogP contribution in [0.15, 0.2) is 16.5 Å². The highest BCUT2D eigenvalue weighted by Crippen LogP contribution is 2.19. The first-order valence-corrected chi connectivity index (χ1v) is 7.52. The van der Waals surface area contributed by atoms with E-state index in [2.05, 4.69) is 10.6 Å². The van der Waals surface area contributed by atoms with Gasteiger partial charge in [0.15, 0.2) is 0 Å².